The monoisotopic (exact) mass is 195 g/mol. The van der Waals surface area contributed by atoms with Crippen LogP contribution in [0.4, 0.5) is 0 Å². The fourth-order valence-corrected chi connectivity index (χ4v) is 5.40. The molecule has 2 heteroatoms. The van der Waals surface area contributed by atoms with Crippen LogP contribution in [0.1, 0.15) is 45.4 Å². The van der Waals surface area contributed by atoms with Crippen molar-refractivity contribution in [3.05, 3.63) is 0 Å². The van der Waals surface area contributed by atoms with Gasteiger partial charge in [0.2, 0.25) is 0 Å². The van der Waals surface area contributed by atoms with Gasteiger partial charge >= 0.3 is 0 Å². The van der Waals surface area contributed by atoms with E-state index in [1.54, 1.807) is 0 Å². The van der Waals surface area contributed by atoms with Crippen molar-refractivity contribution in [2.45, 2.75) is 51.0 Å². The van der Waals surface area contributed by atoms with E-state index in [2.05, 4.69) is 6.92 Å². The first kappa shape index (κ1) is 9.17. The maximum absolute atomic E-state index is 9.60. The maximum atomic E-state index is 9.60. The van der Waals surface area contributed by atoms with Gasteiger partial charge in [0.15, 0.2) is 0 Å². The van der Waals surface area contributed by atoms with Crippen molar-refractivity contribution in [3.8, 4) is 0 Å². The molecule has 4 atom stereocenters. The number of hydrogen-bond acceptors (Lipinski definition) is 2. The van der Waals surface area contributed by atoms with Crippen molar-refractivity contribution in [1.29, 1.82) is 0 Å². The third-order valence-electron chi connectivity index (χ3n) is 4.84. The largest absolute Gasteiger partial charge is 0.396 e. The molecule has 4 fully saturated rings. The summed E-state index contributed by atoms with van der Waals surface area (Å²) in [6, 6.07) is 0. The van der Waals surface area contributed by atoms with Gasteiger partial charge in [-0.05, 0) is 55.3 Å². The van der Waals surface area contributed by atoms with Gasteiger partial charge < -0.3 is 10.8 Å². The molecule has 0 saturated heterocycles. The maximum Gasteiger partial charge on any atom is 0.0488 e. The minimum absolute atomic E-state index is 0.0664. The lowest BCUT2D eigenvalue weighted by molar-refractivity contribution is -0.132. The van der Waals surface area contributed by atoms with Crippen molar-refractivity contribution >= 4 is 0 Å². The minimum Gasteiger partial charge on any atom is -0.396 e. The minimum atomic E-state index is 0.0664. The molecule has 4 bridgehead atoms. The van der Waals surface area contributed by atoms with Crippen LogP contribution in [-0.4, -0.2) is 17.3 Å². The summed E-state index contributed by atoms with van der Waals surface area (Å²) < 4.78 is 0. The van der Waals surface area contributed by atoms with Gasteiger partial charge in [-0.15, -0.1) is 0 Å². The molecule has 4 aliphatic carbocycles. The molecular weight excluding hydrogens is 174 g/mol. The van der Waals surface area contributed by atoms with E-state index in [4.69, 9.17) is 5.73 Å². The predicted octanol–water partition coefficient (Wildman–Crippen LogP) is 1.67. The highest BCUT2D eigenvalue weighted by Gasteiger charge is 2.60. The second-order valence-corrected chi connectivity index (χ2v) is 6.84. The summed E-state index contributed by atoms with van der Waals surface area (Å²) in [5.41, 5.74) is 7.16. The summed E-state index contributed by atoms with van der Waals surface area (Å²) in [7, 11) is 0. The lowest BCUT2D eigenvalue weighted by Gasteiger charge is -2.64. The Morgan fingerprint density at radius 3 is 2.57 bits per heavy atom. The zero-order valence-corrected chi connectivity index (χ0v) is 9.05. The number of rotatable bonds is 1. The molecule has 14 heavy (non-hydrogen) atoms. The van der Waals surface area contributed by atoms with Gasteiger partial charge in [0.05, 0.1) is 0 Å². The van der Waals surface area contributed by atoms with Gasteiger partial charge in [-0.25, -0.2) is 0 Å². The molecule has 4 rings (SSSR count). The summed E-state index contributed by atoms with van der Waals surface area (Å²) >= 11 is 0. The van der Waals surface area contributed by atoms with E-state index in [1.165, 1.54) is 32.1 Å². The Labute approximate surface area is 85.9 Å². The smallest absolute Gasteiger partial charge is 0.0488 e. The van der Waals surface area contributed by atoms with E-state index in [0.717, 1.165) is 12.3 Å². The van der Waals surface area contributed by atoms with Crippen molar-refractivity contribution < 1.29 is 5.11 Å². The lowest BCUT2D eigenvalue weighted by Crippen LogP contribution is -2.64. The van der Waals surface area contributed by atoms with Crippen molar-refractivity contribution in [2.24, 2.45) is 22.5 Å². The third-order valence-corrected chi connectivity index (χ3v) is 4.84. The molecular formula is C12H21NO. The summed E-state index contributed by atoms with van der Waals surface area (Å²) in [5, 5.41) is 9.60. The van der Waals surface area contributed by atoms with Crippen molar-refractivity contribution in [1.82, 2.24) is 0 Å². The molecule has 0 aliphatic heterocycles. The molecule has 0 heterocycles. The van der Waals surface area contributed by atoms with Gasteiger partial charge in [-0.2, -0.15) is 0 Å². The van der Waals surface area contributed by atoms with Crippen LogP contribution in [0.2, 0.25) is 0 Å². The van der Waals surface area contributed by atoms with Crippen LogP contribution in [0.3, 0.4) is 0 Å². The Kier molecular flexibility index (Phi) is 1.54. The average molecular weight is 195 g/mol. The van der Waals surface area contributed by atoms with Crippen molar-refractivity contribution in [3.63, 3.8) is 0 Å². The Morgan fingerprint density at radius 2 is 2.00 bits per heavy atom. The standard InChI is InChI=1S/C12H21NO/c1-10-2-9-3-11(5-10,8-14)7-12(13,4-9)6-10/h9,14H,2-8,13H2,1H3/t9-,10+,11-,12-/m1/s1. The molecule has 0 aromatic heterocycles. The molecule has 0 unspecified atom stereocenters. The molecule has 80 valence electrons. The van der Waals surface area contributed by atoms with Crippen LogP contribution in [-0.2, 0) is 0 Å². The Balaban J connectivity index is 2.01. The van der Waals surface area contributed by atoms with Crippen molar-refractivity contribution in [2.75, 3.05) is 6.61 Å². The fraction of sp³-hybridized carbons (Fsp3) is 1.00. The van der Waals surface area contributed by atoms with Gasteiger partial charge in [0.25, 0.3) is 0 Å². The van der Waals surface area contributed by atoms with E-state index in [0.29, 0.717) is 12.0 Å². The second-order valence-electron chi connectivity index (χ2n) is 6.84. The first-order valence-electron chi connectivity index (χ1n) is 5.87. The van der Waals surface area contributed by atoms with E-state index >= 15 is 0 Å². The highest BCUT2D eigenvalue weighted by molar-refractivity contribution is 5.14. The van der Waals surface area contributed by atoms with Gasteiger partial charge in [-0.1, -0.05) is 6.92 Å². The topological polar surface area (TPSA) is 46.2 Å². The highest BCUT2D eigenvalue weighted by Crippen LogP contribution is 2.65. The van der Waals surface area contributed by atoms with E-state index < -0.39 is 0 Å². The molecule has 4 saturated carbocycles. The third kappa shape index (κ3) is 1.10. The summed E-state index contributed by atoms with van der Waals surface area (Å²) in [6.07, 6.45) is 7.28. The quantitative estimate of drug-likeness (QED) is 0.668. The lowest BCUT2D eigenvalue weighted by atomic mass is 9.42. The number of aliphatic hydroxyl groups is 1. The van der Waals surface area contributed by atoms with Crippen LogP contribution in [0.15, 0.2) is 0 Å². The normalized spacial score (nSPS) is 60.6. The Hall–Kier alpha value is -0.0800. The van der Waals surface area contributed by atoms with Crippen LogP contribution in [0.25, 0.3) is 0 Å². The predicted molar refractivity (Wildman–Crippen MR) is 55.7 cm³/mol. The molecule has 0 aromatic rings. The zero-order chi connectivity index (χ0) is 10.0. The average Bonchev–Trinajstić information content (AvgIpc) is 1.97. The van der Waals surface area contributed by atoms with Gasteiger partial charge in [0.1, 0.15) is 0 Å². The van der Waals surface area contributed by atoms with Crippen LogP contribution in [0.5, 0.6) is 0 Å². The molecule has 0 radical (unpaired) electrons. The first-order chi connectivity index (χ1) is 6.47. The van der Waals surface area contributed by atoms with Crippen LogP contribution < -0.4 is 5.73 Å². The molecule has 0 aromatic carbocycles. The first-order valence-corrected chi connectivity index (χ1v) is 5.87. The van der Waals surface area contributed by atoms with E-state index in [9.17, 15) is 5.11 Å². The Bertz CT molecular complexity index is 257. The van der Waals surface area contributed by atoms with Crippen LogP contribution >= 0.6 is 0 Å². The summed E-state index contributed by atoms with van der Waals surface area (Å²) in [6.45, 7) is 2.74. The molecule has 4 aliphatic rings. The molecule has 0 spiro atoms. The molecule has 3 N–H and O–H groups in total. The van der Waals surface area contributed by atoms with Gasteiger partial charge in [0, 0.05) is 12.1 Å². The SMILES string of the molecule is C[C@@]12C[C@H]3C[C@@](N)(C1)C[C@@](CO)(C3)C2. The second kappa shape index (κ2) is 2.35. The molecule has 0 amide bonds. The Morgan fingerprint density at radius 1 is 1.21 bits per heavy atom. The van der Waals surface area contributed by atoms with Crippen LogP contribution in [0, 0.1) is 16.7 Å². The molecule has 2 nitrogen and oxygen atoms in total. The number of aliphatic hydroxyl groups excluding tert-OH is 1. The fourth-order valence-electron chi connectivity index (χ4n) is 5.40. The van der Waals surface area contributed by atoms with E-state index in [1.807, 2.05) is 0 Å². The number of hydrogen-bond donors (Lipinski definition) is 2. The number of nitrogens with two attached hydrogens (primary N) is 1. The summed E-state index contributed by atoms with van der Waals surface area (Å²) in [5.74, 6) is 0.799. The summed E-state index contributed by atoms with van der Waals surface area (Å²) in [4.78, 5) is 0. The zero-order valence-electron chi connectivity index (χ0n) is 9.05. The van der Waals surface area contributed by atoms with Gasteiger partial charge in [-0.3, -0.25) is 0 Å². The van der Waals surface area contributed by atoms with E-state index in [-0.39, 0.29) is 11.0 Å². The highest BCUT2D eigenvalue weighted by atomic mass is 16.3.